The second-order valence-corrected chi connectivity index (χ2v) is 12.9. The van der Waals surface area contributed by atoms with Gasteiger partial charge >= 0.3 is 12.1 Å². The van der Waals surface area contributed by atoms with E-state index in [1.165, 1.54) is 48.9 Å². The van der Waals surface area contributed by atoms with Crippen molar-refractivity contribution in [1.29, 1.82) is 0 Å². The van der Waals surface area contributed by atoms with E-state index in [4.69, 9.17) is 14.6 Å². The number of hydrogen-bond acceptors (Lipinski definition) is 4. The standard InChI is InChI=1S/C31H42N4O2.C2HF3O2/c1-37-28-13-12-24-29(34-28)26(32)14-16-31(24)20-33-19-25(31)30(36)35-17-15-23(21-8-4-2-5-9-21)18-27(35)22-10-6-3-7-11-22;3-2(4,5)1(6)7/h2,4-5,8-9,12-13,22-23,25-27,33H,3,6-7,10-11,14-20,32H2,1H3;(H,6,7)/p+2/t23-,25?,26?,27+,31+;/m1./s1. The number of nitrogens with zero attached hydrogens (tertiary/aromatic N) is 1. The van der Waals surface area contributed by atoms with Gasteiger partial charge in [-0.05, 0) is 55.6 Å². The van der Waals surface area contributed by atoms with Gasteiger partial charge in [-0.2, -0.15) is 18.2 Å². The van der Waals surface area contributed by atoms with Crippen molar-refractivity contribution in [3.8, 4) is 5.88 Å². The molecule has 44 heavy (non-hydrogen) atoms. The molecule has 6 rings (SSSR count). The number of piperidine rings is 1. The number of carboxylic acid groups (broad SMARTS) is 1. The van der Waals surface area contributed by atoms with Crippen LogP contribution in [0.25, 0.3) is 0 Å². The lowest BCUT2D eigenvalue weighted by atomic mass is 9.64. The van der Waals surface area contributed by atoms with Gasteiger partial charge in [-0.25, -0.2) is 0 Å². The van der Waals surface area contributed by atoms with Gasteiger partial charge in [0.1, 0.15) is 11.9 Å². The van der Waals surface area contributed by atoms with Crippen LogP contribution >= 0.6 is 0 Å². The Bertz CT molecular complexity index is 1300. The highest BCUT2D eigenvalue weighted by molar-refractivity contribution is 5.82. The van der Waals surface area contributed by atoms with Crippen molar-refractivity contribution < 1.29 is 48.6 Å². The van der Waals surface area contributed by atoms with Gasteiger partial charge in [0.15, 0.2) is 6.04 Å². The van der Waals surface area contributed by atoms with E-state index in [1.807, 2.05) is 6.07 Å². The van der Waals surface area contributed by atoms with E-state index in [1.54, 1.807) is 7.11 Å². The average molecular weight is 619 g/mol. The number of aromatic amines is 1. The summed E-state index contributed by atoms with van der Waals surface area (Å²) in [4.78, 5) is 29.3. The number of likely N-dealkylation sites (tertiary alicyclic amines) is 1. The molecule has 1 aromatic carbocycles. The quantitative estimate of drug-likeness (QED) is 0.541. The number of nitrogens with one attached hydrogen (secondary N) is 1. The molecule has 5 atom stereocenters. The van der Waals surface area contributed by atoms with Crippen LogP contribution in [0.1, 0.15) is 86.6 Å². The monoisotopic (exact) mass is 618 g/mol. The van der Waals surface area contributed by atoms with Crippen molar-refractivity contribution in [2.45, 2.75) is 87.4 Å². The number of benzene rings is 1. The summed E-state index contributed by atoms with van der Waals surface area (Å²) in [5.41, 5.74) is 8.26. The van der Waals surface area contributed by atoms with Crippen molar-refractivity contribution in [3.63, 3.8) is 0 Å². The van der Waals surface area contributed by atoms with Crippen LogP contribution in [0.4, 0.5) is 13.2 Å². The molecule has 1 aromatic heterocycles. The first-order valence-corrected chi connectivity index (χ1v) is 15.9. The highest BCUT2D eigenvalue weighted by atomic mass is 19.4. The van der Waals surface area contributed by atoms with Crippen LogP contribution in [0.5, 0.6) is 5.88 Å². The lowest BCUT2D eigenvalue weighted by Crippen LogP contribution is -2.82. The minimum atomic E-state index is -5.19. The maximum atomic E-state index is 14.6. The Morgan fingerprint density at radius 3 is 2.43 bits per heavy atom. The van der Waals surface area contributed by atoms with Crippen LogP contribution in [0.3, 0.4) is 0 Å². The molecule has 2 unspecified atom stereocenters. The molecule has 3 fully saturated rings. The highest BCUT2D eigenvalue weighted by Gasteiger charge is 2.58. The van der Waals surface area contributed by atoms with E-state index in [0.717, 1.165) is 51.2 Å². The third-order valence-electron chi connectivity index (χ3n) is 10.6. The fourth-order valence-corrected chi connectivity index (χ4v) is 8.33. The summed E-state index contributed by atoms with van der Waals surface area (Å²) in [5, 5.41) is 11.2. The zero-order valence-electron chi connectivity index (χ0n) is 25.4. The summed E-state index contributed by atoms with van der Waals surface area (Å²) >= 11 is 0. The van der Waals surface area contributed by atoms with Crippen LogP contribution in [-0.2, 0) is 15.0 Å². The molecule has 1 spiro atoms. The van der Waals surface area contributed by atoms with Gasteiger partial charge in [0.05, 0.1) is 31.7 Å². The molecule has 240 valence electrons. The van der Waals surface area contributed by atoms with Gasteiger partial charge in [-0.3, -0.25) is 4.79 Å². The van der Waals surface area contributed by atoms with Crippen molar-refractivity contribution in [1.82, 2.24) is 4.90 Å². The summed E-state index contributed by atoms with van der Waals surface area (Å²) in [6.45, 7) is 2.77. The molecule has 8 nitrogen and oxygen atoms in total. The average Bonchev–Trinajstić information content (AvgIpc) is 3.47. The second kappa shape index (κ2) is 13.4. The normalized spacial score (nSPS) is 29.0. The molecule has 2 aromatic rings. The fourth-order valence-electron chi connectivity index (χ4n) is 8.33. The van der Waals surface area contributed by atoms with E-state index in [9.17, 15) is 18.0 Å². The number of quaternary nitrogens is 2. The first-order chi connectivity index (χ1) is 21.0. The van der Waals surface area contributed by atoms with Crippen LogP contribution in [-0.4, -0.2) is 55.7 Å². The van der Waals surface area contributed by atoms with E-state index in [2.05, 4.69) is 57.3 Å². The number of H-pyrrole nitrogens is 1. The minimum absolute atomic E-state index is 0.0277. The van der Waals surface area contributed by atoms with Crippen molar-refractivity contribution in [2.24, 2.45) is 11.8 Å². The molecule has 0 bridgehead atoms. The number of halogens is 3. The molecule has 4 aliphatic rings. The molecular formula is C33H45F3N4O4+2. The lowest BCUT2D eigenvalue weighted by Gasteiger charge is -2.47. The lowest BCUT2D eigenvalue weighted by molar-refractivity contribution is -0.640. The molecule has 6 N–H and O–H groups in total. The SMILES string of the molecule is COc1ccc2c([nH+]1)C([NH3+])CC[C@]21C[NH2+]CC1C(=O)N1CC[C@@H](c2ccccc2)C[C@H]1C1CCCCC1.O=C([O-])C(F)(F)F. The Morgan fingerprint density at radius 1 is 1.07 bits per heavy atom. The first kappa shape index (κ1) is 32.2. The van der Waals surface area contributed by atoms with E-state index < -0.39 is 12.1 Å². The number of carboxylic acids is 1. The molecule has 2 aliphatic heterocycles. The smallest absolute Gasteiger partial charge is 0.430 e. The molecule has 1 saturated carbocycles. The molecule has 2 aliphatic carbocycles. The third kappa shape index (κ3) is 6.59. The van der Waals surface area contributed by atoms with Gasteiger partial charge in [-0.15, -0.1) is 0 Å². The topological polar surface area (TPSA) is 128 Å². The summed E-state index contributed by atoms with van der Waals surface area (Å²) in [7, 11) is 1.70. The number of nitrogens with two attached hydrogens (primary N) is 1. The third-order valence-corrected chi connectivity index (χ3v) is 10.6. The Morgan fingerprint density at radius 2 is 1.77 bits per heavy atom. The second-order valence-electron chi connectivity index (χ2n) is 12.9. The molecule has 2 saturated heterocycles. The Hall–Kier alpha value is -3.18. The number of aliphatic carboxylic acids is 1. The van der Waals surface area contributed by atoms with E-state index in [-0.39, 0.29) is 17.4 Å². The zero-order chi connectivity index (χ0) is 31.5. The molecule has 11 heteroatoms. The van der Waals surface area contributed by atoms with Crippen molar-refractivity contribution in [2.75, 3.05) is 26.7 Å². The van der Waals surface area contributed by atoms with Gasteiger partial charge in [0.25, 0.3) is 0 Å². The van der Waals surface area contributed by atoms with Crippen LogP contribution in [0.2, 0.25) is 0 Å². The number of methoxy groups -OCH3 is 1. The number of pyridine rings is 1. The summed E-state index contributed by atoms with van der Waals surface area (Å²) in [6.07, 6.45) is 5.58. The Balaban J connectivity index is 0.000000493. The van der Waals surface area contributed by atoms with Gasteiger partial charge in [-0.1, -0.05) is 49.6 Å². The largest absolute Gasteiger partial charge is 0.542 e. The van der Waals surface area contributed by atoms with Crippen molar-refractivity contribution in [3.05, 3.63) is 59.3 Å². The summed E-state index contributed by atoms with van der Waals surface area (Å²) in [5.74, 6) is -0.584. The number of ether oxygens (including phenoxy) is 1. The van der Waals surface area contributed by atoms with E-state index in [0.29, 0.717) is 23.8 Å². The molecule has 3 heterocycles. The summed E-state index contributed by atoms with van der Waals surface area (Å²) in [6, 6.07) is 15.9. The Kier molecular flexibility index (Phi) is 9.84. The van der Waals surface area contributed by atoms with Gasteiger partial charge in [0, 0.05) is 24.6 Å². The molecule has 1 amide bonds. The number of hydrogen-bond donors (Lipinski definition) is 2. The van der Waals surface area contributed by atoms with Crippen LogP contribution < -0.4 is 25.9 Å². The predicted molar refractivity (Wildman–Crippen MR) is 153 cm³/mol. The number of carbonyl (C=O) groups excluding carboxylic acids is 2. The fraction of sp³-hybridized carbons (Fsp3) is 0.606. The highest BCUT2D eigenvalue weighted by Crippen LogP contribution is 2.47. The van der Waals surface area contributed by atoms with Gasteiger partial charge in [0.2, 0.25) is 11.6 Å². The maximum Gasteiger partial charge on any atom is 0.430 e. The van der Waals surface area contributed by atoms with Crippen molar-refractivity contribution >= 4 is 11.9 Å². The Labute approximate surface area is 256 Å². The number of amides is 1. The first-order valence-electron chi connectivity index (χ1n) is 15.9. The predicted octanol–water partition coefficient (Wildman–Crippen LogP) is 1.67. The number of rotatable bonds is 4. The minimum Gasteiger partial charge on any atom is -0.542 e. The summed E-state index contributed by atoms with van der Waals surface area (Å²) < 4.78 is 37.1. The van der Waals surface area contributed by atoms with Crippen LogP contribution in [0, 0.1) is 11.8 Å². The number of fused-ring (bicyclic) bond motifs is 2. The molecule has 0 radical (unpaired) electrons. The number of carbonyl (C=O) groups is 2. The van der Waals surface area contributed by atoms with Gasteiger partial charge < -0.3 is 30.6 Å². The van der Waals surface area contributed by atoms with Crippen LogP contribution in [0.15, 0.2) is 42.5 Å². The molecular weight excluding hydrogens is 573 g/mol. The van der Waals surface area contributed by atoms with E-state index >= 15 is 0 Å². The zero-order valence-corrected chi connectivity index (χ0v) is 25.4. The maximum absolute atomic E-state index is 14.6. The number of aromatic nitrogens is 1. The number of alkyl halides is 3.